The van der Waals surface area contributed by atoms with Crippen LogP contribution in [0.1, 0.15) is 30.4 Å². The molecule has 1 aromatic carbocycles. The minimum atomic E-state index is 0.526. The van der Waals surface area contributed by atoms with Crippen LogP contribution in [0.2, 0.25) is 0 Å². The molecule has 2 aliphatic rings. The molecule has 168 valence electrons. The van der Waals surface area contributed by atoms with Gasteiger partial charge in [0.1, 0.15) is 0 Å². The van der Waals surface area contributed by atoms with Gasteiger partial charge >= 0.3 is 0 Å². The van der Waals surface area contributed by atoms with Crippen LogP contribution in [-0.2, 0) is 17.7 Å². The van der Waals surface area contributed by atoms with E-state index < -0.39 is 0 Å². The maximum atomic E-state index is 5.51. The smallest absolute Gasteiger partial charge is 0.0589 e. The summed E-state index contributed by atoms with van der Waals surface area (Å²) in [5, 5.41) is 0. The van der Waals surface area contributed by atoms with Gasteiger partial charge in [-0.25, -0.2) is 0 Å². The molecule has 2 unspecified atom stereocenters. The summed E-state index contributed by atoms with van der Waals surface area (Å²) < 4.78 is 5.51. The Morgan fingerprint density at radius 3 is 2.58 bits per heavy atom. The maximum Gasteiger partial charge on any atom is 0.0589 e. The molecule has 31 heavy (non-hydrogen) atoms. The van der Waals surface area contributed by atoms with Crippen LogP contribution in [0.15, 0.2) is 54.9 Å². The van der Waals surface area contributed by atoms with Gasteiger partial charge in [-0.1, -0.05) is 36.4 Å². The molecule has 2 fully saturated rings. The topological polar surface area (TPSA) is 28.6 Å². The van der Waals surface area contributed by atoms with E-state index in [-0.39, 0.29) is 0 Å². The number of hydrogen-bond acceptors (Lipinski definition) is 5. The van der Waals surface area contributed by atoms with E-state index in [9.17, 15) is 0 Å². The fourth-order valence-electron chi connectivity index (χ4n) is 5.23. The molecule has 4 rings (SSSR count). The highest BCUT2D eigenvalue weighted by atomic mass is 32.2. The van der Waals surface area contributed by atoms with Crippen LogP contribution >= 0.6 is 11.8 Å². The summed E-state index contributed by atoms with van der Waals surface area (Å²) in [4.78, 5) is 9.80. The second kappa shape index (κ2) is 12.0. The Bertz CT molecular complexity index is 746. The van der Waals surface area contributed by atoms with Gasteiger partial charge in [0.25, 0.3) is 0 Å². The van der Waals surface area contributed by atoms with Crippen molar-refractivity contribution in [2.24, 2.45) is 5.92 Å². The molecule has 0 saturated carbocycles. The highest BCUT2D eigenvalue weighted by molar-refractivity contribution is 7.99. The lowest BCUT2D eigenvalue weighted by Crippen LogP contribution is -2.49. The first-order chi connectivity index (χ1) is 15.3. The lowest BCUT2D eigenvalue weighted by molar-refractivity contribution is 0.0511. The van der Waals surface area contributed by atoms with Crippen molar-refractivity contribution in [3.05, 3.63) is 66.0 Å². The number of benzene rings is 1. The molecule has 0 N–H and O–H groups in total. The van der Waals surface area contributed by atoms with E-state index in [0.29, 0.717) is 6.04 Å². The minimum Gasteiger partial charge on any atom is -0.383 e. The van der Waals surface area contributed by atoms with Crippen LogP contribution < -0.4 is 0 Å². The lowest BCUT2D eigenvalue weighted by Gasteiger charge is -2.43. The van der Waals surface area contributed by atoms with Crippen molar-refractivity contribution in [3.8, 4) is 0 Å². The van der Waals surface area contributed by atoms with E-state index in [1.807, 2.05) is 25.6 Å². The van der Waals surface area contributed by atoms with Crippen LogP contribution in [0.4, 0.5) is 0 Å². The van der Waals surface area contributed by atoms with Crippen molar-refractivity contribution in [1.82, 2.24) is 14.8 Å². The average molecular weight is 440 g/mol. The number of pyridine rings is 1. The number of methoxy groups -OCH3 is 1. The number of piperidine rings is 1. The Labute approximate surface area is 192 Å². The molecule has 2 aliphatic heterocycles. The summed E-state index contributed by atoms with van der Waals surface area (Å²) in [5.74, 6) is 3.40. The molecule has 0 amide bonds. The summed E-state index contributed by atoms with van der Waals surface area (Å²) in [6.07, 6.45) is 8.96. The highest BCUT2D eigenvalue weighted by Crippen LogP contribution is 2.31. The van der Waals surface area contributed by atoms with Gasteiger partial charge in [0, 0.05) is 50.4 Å². The van der Waals surface area contributed by atoms with E-state index in [1.54, 1.807) is 0 Å². The highest BCUT2D eigenvalue weighted by Gasteiger charge is 2.33. The van der Waals surface area contributed by atoms with Crippen LogP contribution in [0.25, 0.3) is 0 Å². The number of ether oxygens (including phenoxy) is 1. The number of rotatable bonds is 10. The zero-order chi connectivity index (χ0) is 21.3. The number of thioether (sulfide) groups is 1. The van der Waals surface area contributed by atoms with Gasteiger partial charge < -0.3 is 4.74 Å². The van der Waals surface area contributed by atoms with Gasteiger partial charge in [0.2, 0.25) is 0 Å². The van der Waals surface area contributed by atoms with Crippen molar-refractivity contribution in [2.75, 3.05) is 44.9 Å². The molecule has 2 atom stereocenters. The summed E-state index contributed by atoms with van der Waals surface area (Å²) in [6, 6.07) is 16.6. The van der Waals surface area contributed by atoms with Crippen LogP contribution in [0, 0.1) is 5.92 Å². The van der Waals surface area contributed by atoms with Crippen molar-refractivity contribution >= 4 is 11.8 Å². The molecule has 0 spiro atoms. The Balaban J connectivity index is 1.50. The summed E-state index contributed by atoms with van der Waals surface area (Å²) in [5.41, 5.74) is 2.73. The Morgan fingerprint density at radius 2 is 1.90 bits per heavy atom. The predicted molar refractivity (Wildman–Crippen MR) is 130 cm³/mol. The number of hydrogen-bond donors (Lipinski definition) is 0. The molecular weight excluding hydrogens is 402 g/mol. The molecule has 5 heteroatoms. The van der Waals surface area contributed by atoms with Gasteiger partial charge in [-0.15, -0.1) is 0 Å². The van der Waals surface area contributed by atoms with Crippen molar-refractivity contribution in [2.45, 2.75) is 44.3 Å². The molecule has 0 bridgehead atoms. The van der Waals surface area contributed by atoms with Crippen LogP contribution in [0.5, 0.6) is 0 Å². The Kier molecular flexibility index (Phi) is 8.82. The third-order valence-corrected chi connectivity index (χ3v) is 8.13. The first kappa shape index (κ1) is 22.8. The average Bonchev–Trinajstić information content (AvgIpc) is 3.37. The van der Waals surface area contributed by atoms with E-state index in [1.165, 1.54) is 55.0 Å². The monoisotopic (exact) mass is 439 g/mol. The van der Waals surface area contributed by atoms with E-state index >= 15 is 0 Å². The molecular formula is C26H37N3OS. The summed E-state index contributed by atoms with van der Waals surface area (Å²) in [6.45, 7) is 5.18. The molecule has 0 radical (unpaired) electrons. The Morgan fingerprint density at radius 1 is 1.10 bits per heavy atom. The fourth-order valence-corrected chi connectivity index (χ4v) is 6.48. The van der Waals surface area contributed by atoms with Gasteiger partial charge in [-0.3, -0.25) is 14.8 Å². The zero-order valence-electron chi connectivity index (χ0n) is 18.9. The molecule has 2 saturated heterocycles. The second-order valence-corrected chi connectivity index (χ2v) is 10.1. The first-order valence-corrected chi connectivity index (χ1v) is 13.0. The molecule has 0 aliphatic carbocycles. The van der Waals surface area contributed by atoms with Gasteiger partial charge in [0.15, 0.2) is 0 Å². The second-order valence-electron chi connectivity index (χ2n) is 8.97. The largest absolute Gasteiger partial charge is 0.383 e. The normalized spacial score (nSPS) is 21.5. The lowest BCUT2D eigenvalue weighted by atomic mass is 9.84. The van der Waals surface area contributed by atoms with E-state index in [2.05, 4.69) is 62.9 Å². The van der Waals surface area contributed by atoms with Gasteiger partial charge in [-0.05, 0) is 67.6 Å². The van der Waals surface area contributed by atoms with Crippen LogP contribution in [0.3, 0.4) is 0 Å². The molecule has 4 nitrogen and oxygen atoms in total. The van der Waals surface area contributed by atoms with Crippen LogP contribution in [-0.4, -0.2) is 71.7 Å². The third kappa shape index (κ3) is 6.55. The molecule has 3 heterocycles. The molecule has 2 aromatic rings. The first-order valence-electron chi connectivity index (χ1n) is 11.8. The zero-order valence-corrected chi connectivity index (χ0v) is 19.7. The Hall–Kier alpha value is -1.40. The van der Waals surface area contributed by atoms with Crippen molar-refractivity contribution in [3.63, 3.8) is 0 Å². The standard InChI is InChI=1S/C26H37N3OS/c1-30-16-15-29(20-23-8-5-12-27-19-23)26(18-22-6-3-2-4-7-22)24-9-13-28(14-10-24)25-11-17-31-21-25/h2-8,12,19,24-26H,9-11,13-18,20-21H2,1H3. The van der Waals surface area contributed by atoms with Gasteiger partial charge in [0.05, 0.1) is 6.61 Å². The SMILES string of the molecule is COCCN(Cc1cccnc1)C(Cc1ccccc1)C1CCN(C2CCSC2)CC1. The predicted octanol–water partition coefficient (Wildman–Crippen LogP) is 4.36. The number of likely N-dealkylation sites (tertiary alicyclic amines) is 1. The quantitative estimate of drug-likeness (QED) is 0.549. The number of aromatic nitrogens is 1. The fraction of sp³-hybridized carbons (Fsp3) is 0.577. The van der Waals surface area contributed by atoms with E-state index in [4.69, 9.17) is 4.74 Å². The summed E-state index contributed by atoms with van der Waals surface area (Å²) >= 11 is 2.13. The number of nitrogens with zero attached hydrogens (tertiary/aromatic N) is 3. The third-order valence-electron chi connectivity index (χ3n) is 6.99. The minimum absolute atomic E-state index is 0.526. The van der Waals surface area contributed by atoms with Crippen molar-refractivity contribution < 1.29 is 4.74 Å². The van der Waals surface area contributed by atoms with Gasteiger partial charge in [-0.2, -0.15) is 11.8 Å². The molecule has 1 aromatic heterocycles. The van der Waals surface area contributed by atoms with Crippen molar-refractivity contribution in [1.29, 1.82) is 0 Å². The summed E-state index contributed by atoms with van der Waals surface area (Å²) in [7, 11) is 1.81. The van der Waals surface area contributed by atoms with E-state index in [0.717, 1.165) is 38.1 Å². The maximum absolute atomic E-state index is 5.51.